The van der Waals surface area contributed by atoms with E-state index in [1.165, 1.54) is 23.3 Å². The zero-order chi connectivity index (χ0) is 22.8. The second-order valence-electron chi connectivity index (χ2n) is 8.35. The van der Waals surface area contributed by atoms with Crippen LogP contribution in [-0.4, -0.2) is 47.8 Å². The third kappa shape index (κ3) is 4.32. The van der Waals surface area contributed by atoms with E-state index in [0.717, 1.165) is 52.9 Å². The minimum absolute atomic E-state index is 0.0341. The third-order valence-corrected chi connectivity index (χ3v) is 7.12. The SMILES string of the molecule is COc1cccc(-c2c(C3CCCCC3)c3sc(OC(=O)O)cc3n2CC(=O)N(C)C)c1. The molecule has 170 valence electrons. The molecule has 1 fully saturated rings. The number of methoxy groups -OCH3 is 1. The Hall–Kier alpha value is -3.00. The van der Waals surface area contributed by atoms with Gasteiger partial charge in [0.15, 0.2) is 5.06 Å². The second-order valence-corrected chi connectivity index (χ2v) is 9.37. The lowest BCUT2D eigenvalue weighted by Crippen LogP contribution is -2.26. The molecule has 0 atom stereocenters. The van der Waals surface area contributed by atoms with Crippen molar-refractivity contribution in [1.82, 2.24) is 9.47 Å². The molecule has 2 heterocycles. The largest absolute Gasteiger partial charge is 0.512 e. The molecule has 1 saturated carbocycles. The van der Waals surface area contributed by atoms with Gasteiger partial charge < -0.3 is 24.0 Å². The van der Waals surface area contributed by atoms with Gasteiger partial charge in [-0.05, 0) is 36.5 Å². The van der Waals surface area contributed by atoms with Crippen molar-refractivity contribution in [3.05, 3.63) is 35.9 Å². The van der Waals surface area contributed by atoms with Crippen LogP contribution in [0.2, 0.25) is 0 Å². The fourth-order valence-electron chi connectivity index (χ4n) is 4.56. The van der Waals surface area contributed by atoms with Crippen molar-refractivity contribution >= 4 is 33.6 Å². The Kier molecular flexibility index (Phi) is 6.41. The van der Waals surface area contributed by atoms with E-state index < -0.39 is 6.16 Å². The van der Waals surface area contributed by atoms with Crippen LogP contribution < -0.4 is 9.47 Å². The predicted octanol–water partition coefficient (Wildman–Crippen LogP) is 5.57. The summed E-state index contributed by atoms with van der Waals surface area (Å²) >= 11 is 1.34. The first-order valence-corrected chi connectivity index (χ1v) is 11.6. The number of hydrogen-bond donors (Lipinski definition) is 1. The molecular formula is C24H28N2O5S. The molecule has 0 spiro atoms. The van der Waals surface area contributed by atoms with Crippen LogP contribution in [-0.2, 0) is 11.3 Å². The first kappa shape index (κ1) is 22.2. The maximum Gasteiger partial charge on any atom is 0.512 e. The molecule has 8 heteroatoms. The van der Waals surface area contributed by atoms with Crippen LogP contribution in [0.25, 0.3) is 21.5 Å². The van der Waals surface area contributed by atoms with Crippen LogP contribution in [0.3, 0.4) is 0 Å². The van der Waals surface area contributed by atoms with E-state index in [0.29, 0.717) is 11.0 Å². The van der Waals surface area contributed by atoms with Crippen LogP contribution in [0.4, 0.5) is 4.79 Å². The molecule has 3 aromatic rings. The Morgan fingerprint density at radius 3 is 2.59 bits per heavy atom. The van der Waals surface area contributed by atoms with E-state index in [1.807, 2.05) is 28.8 Å². The van der Waals surface area contributed by atoms with E-state index in [2.05, 4.69) is 0 Å². The number of thiophene rings is 1. The molecule has 0 saturated heterocycles. The molecule has 4 rings (SSSR count). The van der Waals surface area contributed by atoms with Gasteiger partial charge in [-0.3, -0.25) is 4.79 Å². The summed E-state index contributed by atoms with van der Waals surface area (Å²) in [5, 5.41) is 9.45. The molecule has 32 heavy (non-hydrogen) atoms. The number of hydrogen-bond acceptors (Lipinski definition) is 5. The molecule has 1 aliphatic carbocycles. The summed E-state index contributed by atoms with van der Waals surface area (Å²) in [5.74, 6) is 1.06. The molecular weight excluding hydrogens is 428 g/mol. The van der Waals surface area contributed by atoms with E-state index in [4.69, 9.17) is 14.6 Å². The number of rotatable bonds is 6. The summed E-state index contributed by atoms with van der Waals surface area (Å²) in [4.78, 5) is 25.5. The van der Waals surface area contributed by atoms with E-state index in [1.54, 1.807) is 32.2 Å². The van der Waals surface area contributed by atoms with Crippen LogP contribution >= 0.6 is 11.3 Å². The van der Waals surface area contributed by atoms with Gasteiger partial charge in [0.05, 0.1) is 23.0 Å². The maximum absolute atomic E-state index is 12.8. The van der Waals surface area contributed by atoms with Gasteiger partial charge in [-0.25, -0.2) is 4.79 Å². The molecule has 0 aliphatic heterocycles. The second kappa shape index (κ2) is 9.24. The number of likely N-dealkylation sites (N-methyl/N-ethyl adjacent to an activating group) is 1. The number of ether oxygens (including phenoxy) is 2. The number of amides is 1. The normalized spacial score (nSPS) is 14.5. The third-order valence-electron chi connectivity index (χ3n) is 6.09. The number of nitrogens with zero attached hydrogens (tertiary/aromatic N) is 2. The van der Waals surface area contributed by atoms with Crippen LogP contribution in [0, 0.1) is 0 Å². The van der Waals surface area contributed by atoms with E-state index >= 15 is 0 Å². The van der Waals surface area contributed by atoms with E-state index in [9.17, 15) is 9.59 Å². The van der Waals surface area contributed by atoms with Gasteiger partial charge in [0, 0.05) is 25.7 Å². The topological polar surface area (TPSA) is 81.0 Å². The van der Waals surface area contributed by atoms with Gasteiger partial charge >= 0.3 is 6.16 Å². The fourth-order valence-corrected chi connectivity index (χ4v) is 5.69. The van der Waals surface area contributed by atoms with Gasteiger partial charge in [0.25, 0.3) is 0 Å². The van der Waals surface area contributed by atoms with Crippen molar-refractivity contribution in [2.75, 3.05) is 21.2 Å². The van der Waals surface area contributed by atoms with Crippen LogP contribution in [0.15, 0.2) is 30.3 Å². The molecule has 0 unspecified atom stereocenters. The van der Waals surface area contributed by atoms with Crippen molar-refractivity contribution < 1.29 is 24.2 Å². The van der Waals surface area contributed by atoms with Crippen LogP contribution in [0.5, 0.6) is 10.8 Å². The highest BCUT2D eigenvalue weighted by molar-refractivity contribution is 7.21. The zero-order valence-corrected chi connectivity index (χ0v) is 19.4. The monoisotopic (exact) mass is 456 g/mol. The first-order valence-electron chi connectivity index (χ1n) is 10.8. The summed E-state index contributed by atoms with van der Waals surface area (Å²) in [7, 11) is 5.12. The predicted molar refractivity (Wildman–Crippen MR) is 125 cm³/mol. The van der Waals surface area contributed by atoms with Crippen molar-refractivity contribution in [3.8, 4) is 22.1 Å². The molecule has 1 N–H and O–H groups in total. The fraction of sp³-hybridized carbons (Fsp3) is 0.417. The maximum atomic E-state index is 12.8. The minimum Gasteiger partial charge on any atom is -0.497 e. The molecule has 2 aromatic heterocycles. The first-order chi connectivity index (χ1) is 15.4. The summed E-state index contributed by atoms with van der Waals surface area (Å²) in [6.07, 6.45) is 4.36. The van der Waals surface area contributed by atoms with Crippen LogP contribution in [0.1, 0.15) is 43.6 Å². The quantitative estimate of drug-likeness (QED) is 0.490. The van der Waals surface area contributed by atoms with Crippen molar-refractivity contribution in [1.29, 1.82) is 0 Å². The van der Waals surface area contributed by atoms with Crippen molar-refractivity contribution in [2.24, 2.45) is 0 Å². The highest BCUT2D eigenvalue weighted by Gasteiger charge is 2.29. The number of fused-ring (bicyclic) bond motifs is 1. The average molecular weight is 457 g/mol. The molecule has 0 radical (unpaired) electrons. The van der Waals surface area contributed by atoms with Crippen molar-refractivity contribution in [2.45, 2.75) is 44.6 Å². The van der Waals surface area contributed by atoms with E-state index in [-0.39, 0.29) is 12.5 Å². The number of carbonyl (C=O) groups is 2. The Balaban J connectivity index is 1.98. The highest BCUT2D eigenvalue weighted by atomic mass is 32.1. The van der Waals surface area contributed by atoms with Gasteiger partial charge in [-0.1, -0.05) is 42.7 Å². The van der Waals surface area contributed by atoms with Gasteiger partial charge in [-0.15, -0.1) is 0 Å². The molecule has 1 amide bonds. The summed E-state index contributed by atoms with van der Waals surface area (Å²) in [6.45, 7) is 0.159. The number of aromatic nitrogens is 1. The average Bonchev–Trinajstić information content (AvgIpc) is 3.30. The summed E-state index contributed by atoms with van der Waals surface area (Å²) in [6, 6.07) is 9.64. The Bertz CT molecular complexity index is 1140. The smallest absolute Gasteiger partial charge is 0.497 e. The molecule has 0 bridgehead atoms. The Morgan fingerprint density at radius 2 is 1.94 bits per heavy atom. The Morgan fingerprint density at radius 1 is 1.19 bits per heavy atom. The lowest BCUT2D eigenvalue weighted by Gasteiger charge is -2.24. The molecule has 7 nitrogen and oxygen atoms in total. The zero-order valence-electron chi connectivity index (χ0n) is 18.6. The van der Waals surface area contributed by atoms with Gasteiger partial charge in [0.2, 0.25) is 5.91 Å². The van der Waals surface area contributed by atoms with Crippen molar-refractivity contribution in [3.63, 3.8) is 0 Å². The lowest BCUT2D eigenvalue weighted by atomic mass is 9.83. The number of benzene rings is 1. The lowest BCUT2D eigenvalue weighted by molar-refractivity contribution is -0.129. The Labute approximate surface area is 191 Å². The standard InChI is InChI=1S/C24H28N2O5S/c1-25(2)19(27)14-26-18-13-20(31-24(28)29)32-23(18)21(15-8-5-4-6-9-15)22(26)16-10-7-11-17(12-16)30-3/h7,10-13,15H,4-6,8-9,14H2,1-3H3,(H,28,29). The summed E-state index contributed by atoms with van der Waals surface area (Å²) in [5.41, 5.74) is 4.01. The van der Waals surface area contributed by atoms with Gasteiger partial charge in [0.1, 0.15) is 12.3 Å². The highest BCUT2D eigenvalue weighted by Crippen LogP contribution is 2.48. The number of carbonyl (C=O) groups excluding carboxylic acids is 1. The number of carboxylic acid groups (broad SMARTS) is 1. The molecule has 1 aliphatic rings. The van der Waals surface area contributed by atoms with Gasteiger partial charge in [-0.2, -0.15) is 0 Å². The molecule has 1 aromatic carbocycles. The summed E-state index contributed by atoms with van der Waals surface area (Å²) < 4.78 is 13.5. The minimum atomic E-state index is -1.34.